The predicted molar refractivity (Wildman–Crippen MR) is 100 cm³/mol. The molecule has 2 N–H and O–H groups in total. The first-order valence-electron chi connectivity index (χ1n) is 8.82. The lowest BCUT2D eigenvalue weighted by molar-refractivity contribution is 0.0943. The van der Waals surface area contributed by atoms with Crippen molar-refractivity contribution in [3.8, 4) is 16.9 Å². The van der Waals surface area contributed by atoms with Crippen LogP contribution < -0.4 is 15.4 Å². The van der Waals surface area contributed by atoms with E-state index in [9.17, 15) is 9.18 Å². The molecule has 0 unspecified atom stereocenters. The molecule has 1 aliphatic rings. The standard InChI is InChI=1S/C20H24FN3O2/c1-26-17-5-2-15(3-6-17)16-4-7-18(19(21)14-16)20(25)23-10-13-24-11-8-22-9-12-24/h2-7,14,22H,8-13H2,1H3,(H,23,25). The summed E-state index contributed by atoms with van der Waals surface area (Å²) >= 11 is 0. The van der Waals surface area contributed by atoms with E-state index < -0.39 is 5.82 Å². The highest BCUT2D eigenvalue weighted by Gasteiger charge is 2.14. The first-order valence-corrected chi connectivity index (χ1v) is 8.82. The second-order valence-electron chi connectivity index (χ2n) is 6.27. The van der Waals surface area contributed by atoms with Gasteiger partial charge >= 0.3 is 0 Å². The number of rotatable bonds is 6. The number of amides is 1. The number of nitrogens with one attached hydrogen (secondary N) is 2. The number of ether oxygens (including phenoxy) is 1. The Balaban J connectivity index is 1.59. The molecule has 3 rings (SSSR count). The fourth-order valence-corrected chi connectivity index (χ4v) is 3.02. The minimum absolute atomic E-state index is 0.0718. The van der Waals surface area contributed by atoms with Crippen molar-refractivity contribution in [2.24, 2.45) is 0 Å². The van der Waals surface area contributed by atoms with Gasteiger partial charge in [0.1, 0.15) is 11.6 Å². The van der Waals surface area contributed by atoms with E-state index in [0.29, 0.717) is 6.54 Å². The van der Waals surface area contributed by atoms with Crippen LogP contribution >= 0.6 is 0 Å². The van der Waals surface area contributed by atoms with Gasteiger partial charge in [0.2, 0.25) is 0 Å². The van der Waals surface area contributed by atoms with Crippen molar-refractivity contribution in [1.82, 2.24) is 15.5 Å². The van der Waals surface area contributed by atoms with E-state index in [1.165, 1.54) is 12.1 Å². The van der Waals surface area contributed by atoms with Crippen molar-refractivity contribution in [3.05, 3.63) is 53.8 Å². The molecule has 2 aromatic carbocycles. The van der Waals surface area contributed by atoms with Crippen molar-refractivity contribution in [3.63, 3.8) is 0 Å². The lowest BCUT2D eigenvalue weighted by Gasteiger charge is -2.27. The zero-order valence-electron chi connectivity index (χ0n) is 14.9. The number of hydrogen-bond acceptors (Lipinski definition) is 4. The summed E-state index contributed by atoms with van der Waals surface area (Å²) in [6, 6.07) is 12.1. The molecule has 0 radical (unpaired) electrons. The highest BCUT2D eigenvalue weighted by atomic mass is 19.1. The molecule has 26 heavy (non-hydrogen) atoms. The molecule has 1 aliphatic heterocycles. The van der Waals surface area contributed by atoms with Crippen LogP contribution in [0.4, 0.5) is 4.39 Å². The summed E-state index contributed by atoms with van der Waals surface area (Å²) in [5, 5.41) is 6.09. The third-order valence-electron chi connectivity index (χ3n) is 4.56. The zero-order valence-corrected chi connectivity index (χ0v) is 14.9. The molecule has 1 fully saturated rings. The van der Waals surface area contributed by atoms with Crippen molar-refractivity contribution in [2.75, 3.05) is 46.4 Å². The molecule has 6 heteroatoms. The Morgan fingerprint density at radius 2 is 1.85 bits per heavy atom. The maximum atomic E-state index is 14.4. The summed E-state index contributed by atoms with van der Waals surface area (Å²) in [6.07, 6.45) is 0. The van der Waals surface area contributed by atoms with Crippen molar-refractivity contribution in [1.29, 1.82) is 0 Å². The molecule has 0 aliphatic carbocycles. The van der Waals surface area contributed by atoms with Crippen LogP contribution in [0.5, 0.6) is 5.75 Å². The number of piperazine rings is 1. The molecule has 0 saturated carbocycles. The summed E-state index contributed by atoms with van der Waals surface area (Å²) in [7, 11) is 1.60. The number of methoxy groups -OCH3 is 1. The molecule has 0 atom stereocenters. The maximum Gasteiger partial charge on any atom is 0.254 e. The quantitative estimate of drug-likeness (QED) is 0.832. The first-order chi connectivity index (χ1) is 12.7. The van der Waals surface area contributed by atoms with Crippen LogP contribution in [-0.4, -0.2) is 57.2 Å². The summed E-state index contributed by atoms with van der Waals surface area (Å²) in [5.41, 5.74) is 1.67. The highest BCUT2D eigenvalue weighted by Crippen LogP contribution is 2.24. The largest absolute Gasteiger partial charge is 0.497 e. The van der Waals surface area contributed by atoms with E-state index in [4.69, 9.17) is 4.74 Å². The van der Waals surface area contributed by atoms with Crippen LogP contribution in [0.1, 0.15) is 10.4 Å². The minimum Gasteiger partial charge on any atom is -0.497 e. The second-order valence-corrected chi connectivity index (χ2v) is 6.27. The molecule has 2 aromatic rings. The topological polar surface area (TPSA) is 53.6 Å². The van der Waals surface area contributed by atoms with Crippen LogP contribution in [-0.2, 0) is 0 Å². The van der Waals surface area contributed by atoms with Gasteiger partial charge in [0.25, 0.3) is 5.91 Å². The molecule has 1 amide bonds. The highest BCUT2D eigenvalue weighted by molar-refractivity contribution is 5.95. The monoisotopic (exact) mass is 357 g/mol. The van der Waals surface area contributed by atoms with Crippen LogP contribution in [0.15, 0.2) is 42.5 Å². The number of hydrogen-bond donors (Lipinski definition) is 2. The van der Waals surface area contributed by atoms with Crippen LogP contribution in [0.25, 0.3) is 11.1 Å². The van der Waals surface area contributed by atoms with E-state index in [1.807, 2.05) is 24.3 Å². The minimum atomic E-state index is -0.516. The summed E-state index contributed by atoms with van der Waals surface area (Å²) in [5.74, 6) is -0.147. The molecular formula is C20H24FN3O2. The smallest absolute Gasteiger partial charge is 0.254 e. The van der Waals surface area contributed by atoms with Gasteiger partial charge in [0.05, 0.1) is 12.7 Å². The van der Waals surface area contributed by atoms with Gasteiger partial charge in [0, 0.05) is 39.3 Å². The first kappa shape index (κ1) is 18.4. The van der Waals surface area contributed by atoms with Gasteiger partial charge in [0.15, 0.2) is 0 Å². The van der Waals surface area contributed by atoms with Crippen molar-refractivity contribution in [2.45, 2.75) is 0 Å². The maximum absolute atomic E-state index is 14.4. The molecule has 1 heterocycles. The fourth-order valence-electron chi connectivity index (χ4n) is 3.02. The molecular weight excluding hydrogens is 333 g/mol. The Labute approximate surface area is 153 Å². The predicted octanol–water partition coefficient (Wildman–Crippen LogP) is 2.14. The van der Waals surface area contributed by atoms with Gasteiger partial charge < -0.3 is 15.4 Å². The molecule has 0 bridgehead atoms. The van der Waals surface area contributed by atoms with E-state index in [1.54, 1.807) is 13.2 Å². The number of nitrogens with zero attached hydrogens (tertiary/aromatic N) is 1. The Morgan fingerprint density at radius 3 is 2.50 bits per heavy atom. The van der Waals surface area contributed by atoms with Gasteiger partial charge in [-0.1, -0.05) is 18.2 Å². The van der Waals surface area contributed by atoms with Gasteiger partial charge in [-0.2, -0.15) is 0 Å². The van der Waals surface area contributed by atoms with Crippen molar-refractivity contribution >= 4 is 5.91 Å². The Kier molecular flexibility index (Phi) is 6.20. The molecule has 1 saturated heterocycles. The van der Waals surface area contributed by atoms with E-state index in [-0.39, 0.29) is 11.5 Å². The van der Waals surface area contributed by atoms with Crippen LogP contribution in [0.3, 0.4) is 0 Å². The Hall–Kier alpha value is -2.44. The SMILES string of the molecule is COc1ccc(-c2ccc(C(=O)NCCN3CCNCC3)c(F)c2)cc1. The average Bonchev–Trinajstić information content (AvgIpc) is 2.68. The molecule has 138 valence electrons. The fraction of sp³-hybridized carbons (Fsp3) is 0.350. The van der Waals surface area contributed by atoms with Gasteiger partial charge in [-0.05, 0) is 35.4 Å². The van der Waals surface area contributed by atoms with E-state index in [0.717, 1.165) is 49.6 Å². The number of carbonyl (C=O) groups excluding carboxylic acids is 1. The van der Waals surface area contributed by atoms with Crippen molar-refractivity contribution < 1.29 is 13.9 Å². The normalized spacial score (nSPS) is 14.8. The zero-order chi connectivity index (χ0) is 18.4. The average molecular weight is 357 g/mol. The molecule has 0 spiro atoms. The number of benzene rings is 2. The third kappa shape index (κ3) is 4.59. The number of carbonyl (C=O) groups is 1. The van der Waals surface area contributed by atoms with Gasteiger partial charge in [-0.25, -0.2) is 4.39 Å². The second kappa shape index (κ2) is 8.78. The van der Waals surface area contributed by atoms with Crippen LogP contribution in [0.2, 0.25) is 0 Å². The van der Waals surface area contributed by atoms with E-state index >= 15 is 0 Å². The molecule has 0 aromatic heterocycles. The van der Waals surface area contributed by atoms with Gasteiger partial charge in [-0.3, -0.25) is 9.69 Å². The third-order valence-corrected chi connectivity index (χ3v) is 4.56. The summed E-state index contributed by atoms with van der Waals surface area (Å²) in [6.45, 7) is 5.17. The summed E-state index contributed by atoms with van der Waals surface area (Å²) < 4.78 is 19.5. The van der Waals surface area contributed by atoms with Crippen LogP contribution in [0, 0.1) is 5.82 Å². The van der Waals surface area contributed by atoms with Gasteiger partial charge in [-0.15, -0.1) is 0 Å². The summed E-state index contributed by atoms with van der Waals surface area (Å²) in [4.78, 5) is 14.5. The number of halogens is 1. The van der Waals surface area contributed by atoms with E-state index in [2.05, 4.69) is 15.5 Å². The molecule has 5 nitrogen and oxygen atoms in total. The Morgan fingerprint density at radius 1 is 1.15 bits per heavy atom. The Bertz CT molecular complexity index is 743. The lowest BCUT2D eigenvalue weighted by atomic mass is 10.0. The lowest BCUT2D eigenvalue weighted by Crippen LogP contribution is -2.46.